The molecular weight excluding hydrogens is 190 g/mol. The number of primary amides is 1. The van der Waals surface area contributed by atoms with Gasteiger partial charge in [-0.15, -0.1) is 0 Å². The molecule has 0 saturated carbocycles. The molecule has 4 nitrogen and oxygen atoms in total. The Morgan fingerprint density at radius 3 is 2.67 bits per heavy atom. The van der Waals surface area contributed by atoms with E-state index in [0.29, 0.717) is 12.6 Å². The summed E-state index contributed by atoms with van der Waals surface area (Å²) in [5.74, 6) is -0.174. The van der Waals surface area contributed by atoms with Gasteiger partial charge in [0.25, 0.3) is 0 Å². The minimum atomic E-state index is -0.331. The molecule has 15 heavy (non-hydrogen) atoms. The van der Waals surface area contributed by atoms with Crippen molar-refractivity contribution in [2.45, 2.75) is 39.2 Å². The fourth-order valence-corrected chi connectivity index (χ4v) is 2.35. The van der Waals surface area contributed by atoms with E-state index in [1.807, 2.05) is 6.92 Å². The first-order valence-corrected chi connectivity index (χ1v) is 5.77. The van der Waals surface area contributed by atoms with Crippen LogP contribution in [-0.2, 0) is 4.79 Å². The summed E-state index contributed by atoms with van der Waals surface area (Å²) in [7, 11) is 0. The molecule has 4 heteroatoms. The summed E-state index contributed by atoms with van der Waals surface area (Å²) in [4.78, 5) is 13.7. The van der Waals surface area contributed by atoms with Gasteiger partial charge in [-0.05, 0) is 39.3 Å². The molecule has 1 aliphatic heterocycles. The maximum Gasteiger partial charge on any atom is 0.224 e. The van der Waals surface area contributed by atoms with Crippen LogP contribution in [0.4, 0.5) is 0 Å². The van der Waals surface area contributed by atoms with E-state index in [1.54, 1.807) is 0 Å². The molecule has 1 amide bonds. The maximum absolute atomic E-state index is 11.3. The monoisotopic (exact) mass is 213 g/mol. The highest BCUT2D eigenvalue weighted by molar-refractivity contribution is 5.81. The number of nitrogens with zero attached hydrogens (tertiary/aromatic N) is 1. The van der Waals surface area contributed by atoms with Crippen molar-refractivity contribution in [3.63, 3.8) is 0 Å². The lowest BCUT2D eigenvalue weighted by Gasteiger charge is -2.28. The third kappa shape index (κ3) is 2.69. The van der Waals surface area contributed by atoms with Gasteiger partial charge in [-0.1, -0.05) is 6.92 Å². The van der Waals surface area contributed by atoms with E-state index in [9.17, 15) is 4.79 Å². The van der Waals surface area contributed by atoms with Gasteiger partial charge in [0.15, 0.2) is 0 Å². The average molecular weight is 213 g/mol. The molecule has 88 valence electrons. The minimum Gasteiger partial charge on any atom is -0.369 e. The van der Waals surface area contributed by atoms with Crippen molar-refractivity contribution in [2.24, 2.45) is 16.9 Å². The van der Waals surface area contributed by atoms with E-state index >= 15 is 0 Å². The summed E-state index contributed by atoms with van der Waals surface area (Å²) < 4.78 is 0. The molecule has 2 atom stereocenters. The van der Waals surface area contributed by atoms with Crippen LogP contribution in [0, 0.1) is 5.41 Å². The van der Waals surface area contributed by atoms with E-state index in [-0.39, 0.29) is 11.3 Å². The molecule has 0 aromatic rings. The Morgan fingerprint density at radius 1 is 1.60 bits per heavy atom. The number of hydrogen-bond donors (Lipinski definition) is 2. The smallest absolute Gasteiger partial charge is 0.224 e. The lowest BCUT2D eigenvalue weighted by Crippen LogP contribution is -2.40. The van der Waals surface area contributed by atoms with Crippen LogP contribution < -0.4 is 11.5 Å². The highest BCUT2D eigenvalue weighted by atomic mass is 16.1. The van der Waals surface area contributed by atoms with Gasteiger partial charge in [-0.25, -0.2) is 0 Å². The number of likely N-dealkylation sites (tertiary alicyclic amines) is 1. The zero-order chi connectivity index (χ0) is 11.5. The zero-order valence-electron chi connectivity index (χ0n) is 9.83. The van der Waals surface area contributed by atoms with Crippen molar-refractivity contribution < 1.29 is 4.79 Å². The van der Waals surface area contributed by atoms with Crippen LogP contribution in [0.2, 0.25) is 0 Å². The van der Waals surface area contributed by atoms with Gasteiger partial charge in [0, 0.05) is 12.6 Å². The largest absolute Gasteiger partial charge is 0.369 e. The quantitative estimate of drug-likeness (QED) is 0.690. The SMILES string of the molecule is CCC(CCN)N1CCC(C)(C(N)=O)C1. The minimum absolute atomic E-state index is 0.174. The Balaban J connectivity index is 2.57. The second-order valence-electron chi connectivity index (χ2n) is 4.78. The molecule has 1 rings (SSSR count). The first-order chi connectivity index (χ1) is 7.03. The molecule has 1 fully saturated rings. The van der Waals surface area contributed by atoms with Gasteiger partial charge < -0.3 is 11.5 Å². The third-order valence-electron chi connectivity index (χ3n) is 3.59. The molecule has 1 heterocycles. The van der Waals surface area contributed by atoms with Gasteiger partial charge in [-0.3, -0.25) is 9.69 Å². The van der Waals surface area contributed by atoms with E-state index < -0.39 is 0 Å². The number of carbonyl (C=O) groups is 1. The Bertz CT molecular complexity index is 232. The van der Waals surface area contributed by atoms with Crippen LogP contribution in [0.25, 0.3) is 0 Å². The molecule has 0 aromatic carbocycles. The number of rotatable bonds is 5. The number of carbonyl (C=O) groups excluding carboxylic acids is 1. The van der Waals surface area contributed by atoms with Crippen LogP contribution >= 0.6 is 0 Å². The van der Waals surface area contributed by atoms with Crippen LogP contribution in [-0.4, -0.2) is 36.5 Å². The summed E-state index contributed by atoms with van der Waals surface area (Å²) in [6.45, 7) is 6.60. The molecule has 0 aliphatic carbocycles. The Kier molecular flexibility index (Phi) is 4.11. The lowest BCUT2D eigenvalue weighted by molar-refractivity contribution is -0.126. The summed E-state index contributed by atoms with van der Waals surface area (Å²) >= 11 is 0. The fraction of sp³-hybridized carbons (Fsp3) is 0.909. The molecule has 0 radical (unpaired) electrons. The van der Waals surface area contributed by atoms with Gasteiger partial charge in [-0.2, -0.15) is 0 Å². The Hall–Kier alpha value is -0.610. The fourth-order valence-electron chi connectivity index (χ4n) is 2.35. The van der Waals surface area contributed by atoms with Crippen molar-refractivity contribution in [1.82, 2.24) is 4.90 Å². The summed E-state index contributed by atoms with van der Waals surface area (Å²) in [5.41, 5.74) is 10.7. The van der Waals surface area contributed by atoms with Gasteiger partial charge >= 0.3 is 0 Å². The van der Waals surface area contributed by atoms with Gasteiger partial charge in [0.05, 0.1) is 5.41 Å². The molecule has 0 spiro atoms. The Morgan fingerprint density at radius 2 is 2.27 bits per heavy atom. The normalized spacial score (nSPS) is 29.3. The van der Waals surface area contributed by atoms with E-state index in [2.05, 4.69) is 11.8 Å². The Labute approximate surface area is 92.0 Å². The van der Waals surface area contributed by atoms with Crippen LogP contribution in [0.15, 0.2) is 0 Å². The molecule has 1 aliphatic rings. The highest BCUT2D eigenvalue weighted by Crippen LogP contribution is 2.31. The summed E-state index contributed by atoms with van der Waals surface area (Å²) in [5, 5.41) is 0. The van der Waals surface area contributed by atoms with Gasteiger partial charge in [0.2, 0.25) is 5.91 Å². The second-order valence-corrected chi connectivity index (χ2v) is 4.78. The van der Waals surface area contributed by atoms with Crippen LogP contribution in [0.5, 0.6) is 0 Å². The van der Waals surface area contributed by atoms with Crippen molar-refractivity contribution in [3.8, 4) is 0 Å². The number of hydrogen-bond acceptors (Lipinski definition) is 3. The molecule has 0 aromatic heterocycles. The van der Waals surface area contributed by atoms with E-state index in [4.69, 9.17) is 11.5 Å². The summed E-state index contributed by atoms with van der Waals surface area (Å²) in [6.07, 6.45) is 2.97. The second kappa shape index (κ2) is 4.94. The zero-order valence-corrected chi connectivity index (χ0v) is 9.83. The predicted octanol–water partition coefficient (Wildman–Crippen LogP) is 0.311. The first kappa shape index (κ1) is 12.5. The van der Waals surface area contributed by atoms with Crippen molar-refractivity contribution in [1.29, 1.82) is 0 Å². The van der Waals surface area contributed by atoms with Crippen molar-refractivity contribution in [3.05, 3.63) is 0 Å². The molecule has 1 saturated heterocycles. The van der Waals surface area contributed by atoms with E-state index in [0.717, 1.165) is 32.4 Å². The first-order valence-electron chi connectivity index (χ1n) is 5.77. The lowest BCUT2D eigenvalue weighted by atomic mass is 9.89. The van der Waals surface area contributed by atoms with Crippen molar-refractivity contribution >= 4 is 5.91 Å². The molecule has 4 N–H and O–H groups in total. The predicted molar refractivity (Wildman–Crippen MR) is 61.2 cm³/mol. The van der Waals surface area contributed by atoms with Crippen LogP contribution in [0.3, 0.4) is 0 Å². The molecule has 0 bridgehead atoms. The molecule has 2 unspecified atom stereocenters. The average Bonchev–Trinajstić information content (AvgIpc) is 2.59. The number of amides is 1. The standard InChI is InChI=1S/C11H23N3O/c1-3-9(4-6-12)14-7-5-11(2,8-14)10(13)15/h9H,3-8,12H2,1-2H3,(H2,13,15). The van der Waals surface area contributed by atoms with Gasteiger partial charge in [0.1, 0.15) is 0 Å². The topological polar surface area (TPSA) is 72.3 Å². The third-order valence-corrected chi connectivity index (χ3v) is 3.59. The maximum atomic E-state index is 11.3. The molecular formula is C11H23N3O. The van der Waals surface area contributed by atoms with Crippen molar-refractivity contribution in [2.75, 3.05) is 19.6 Å². The van der Waals surface area contributed by atoms with Crippen LogP contribution in [0.1, 0.15) is 33.1 Å². The number of nitrogens with two attached hydrogens (primary N) is 2. The van der Waals surface area contributed by atoms with E-state index in [1.165, 1.54) is 0 Å². The summed E-state index contributed by atoms with van der Waals surface area (Å²) in [6, 6.07) is 0.510. The highest BCUT2D eigenvalue weighted by Gasteiger charge is 2.40.